The molecule has 3 atom stereocenters. The molecule has 0 saturated heterocycles. The number of benzene rings is 1. The van der Waals surface area contributed by atoms with Crippen LogP contribution in [0.25, 0.3) is 0 Å². The fraction of sp³-hybridized carbons (Fsp3) is 0.591. The van der Waals surface area contributed by atoms with E-state index in [1.54, 1.807) is 0 Å². The van der Waals surface area contributed by atoms with Gasteiger partial charge in [0.25, 0.3) is 0 Å². The van der Waals surface area contributed by atoms with Gasteiger partial charge in [-0.25, -0.2) is 0 Å². The third-order valence-electron chi connectivity index (χ3n) is 6.38. The van der Waals surface area contributed by atoms with Crippen LogP contribution in [0.4, 0.5) is 5.69 Å². The first-order valence-electron chi connectivity index (χ1n) is 9.74. The Kier molecular flexibility index (Phi) is 4.47. The van der Waals surface area contributed by atoms with Gasteiger partial charge in [-0.05, 0) is 68.6 Å². The van der Waals surface area contributed by atoms with Gasteiger partial charge in [0, 0.05) is 31.9 Å². The molecule has 1 aromatic rings. The van der Waals surface area contributed by atoms with Crippen LogP contribution in [0.5, 0.6) is 0 Å². The van der Waals surface area contributed by atoms with Gasteiger partial charge in [-0.15, -0.1) is 0 Å². The van der Waals surface area contributed by atoms with Crippen molar-refractivity contribution in [1.29, 1.82) is 0 Å². The Hall–Kier alpha value is -1.57. The first-order valence-corrected chi connectivity index (χ1v) is 9.74. The van der Waals surface area contributed by atoms with Crippen molar-refractivity contribution >= 4 is 11.9 Å². The minimum absolute atomic E-state index is 0.545. The molecule has 0 heterocycles. The van der Waals surface area contributed by atoms with Gasteiger partial charge < -0.3 is 4.90 Å². The monoisotopic (exact) mass is 322 g/mol. The van der Waals surface area contributed by atoms with Crippen LogP contribution in [-0.2, 0) is 0 Å². The minimum atomic E-state index is 0.545. The van der Waals surface area contributed by atoms with Crippen LogP contribution in [0.2, 0.25) is 0 Å². The fourth-order valence-corrected chi connectivity index (χ4v) is 5.12. The Labute approximate surface area is 146 Å². The van der Waals surface area contributed by atoms with Crippen molar-refractivity contribution < 1.29 is 0 Å². The lowest BCUT2D eigenvalue weighted by Gasteiger charge is -2.44. The highest BCUT2D eigenvalue weighted by Crippen LogP contribution is 2.49. The smallest absolute Gasteiger partial charge is 0.0596 e. The predicted octanol–water partition coefficient (Wildman–Crippen LogP) is 5.23. The van der Waals surface area contributed by atoms with Gasteiger partial charge in [0.2, 0.25) is 0 Å². The summed E-state index contributed by atoms with van der Waals surface area (Å²) in [7, 11) is 4.17. The van der Waals surface area contributed by atoms with E-state index >= 15 is 0 Å². The average molecular weight is 322 g/mol. The van der Waals surface area contributed by atoms with Gasteiger partial charge >= 0.3 is 0 Å². The molecule has 4 rings (SSSR count). The quantitative estimate of drug-likeness (QED) is 0.549. The lowest BCUT2D eigenvalue weighted by atomic mass is 9.63. The number of nitrogens with zero attached hydrogens (tertiary/aromatic N) is 2. The van der Waals surface area contributed by atoms with E-state index in [0.29, 0.717) is 6.04 Å². The molecule has 24 heavy (non-hydrogen) atoms. The lowest BCUT2D eigenvalue weighted by Crippen LogP contribution is -2.38. The maximum Gasteiger partial charge on any atom is 0.0596 e. The number of hydrogen-bond donors (Lipinski definition) is 0. The van der Waals surface area contributed by atoms with Crippen LogP contribution in [0, 0.1) is 11.8 Å². The molecule has 1 fully saturated rings. The highest BCUT2D eigenvalue weighted by molar-refractivity contribution is 5.80. The van der Waals surface area contributed by atoms with Gasteiger partial charge in [0.05, 0.1) is 6.04 Å². The van der Waals surface area contributed by atoms with Crippen molar-refractivity contribution in [3.05, 3.63) is 41.0 Å². The number of anilines is 1. The second-order valence-electron chi connectivity index (χ2n) is 8.09. The van der Waals surface area contributed by atoms with Gasteiger partial charge in [-0.1, -0.05) is 29.7 Å². The largest absolute Gasteiger partial charge is 0.378 e. The first kappa shape index (κ1) is 15.9. The maximum absolute atomic E-state index is 5.13. The molecule has 3 aliphatic carbocycles. The van der Waals surface area contributed by atoms with Crippen LogP contribution in [0.3, 0.4) is 0 Å². The first-order chi connectivity index (χ1) is 11.7. The van der Waals surface area contributed by atoms with Gasteiger partial charge in [0.15, 0.2) is 0 Å². The van der Waals surface area contributed by atoms with Crippen molar-refractivity contribution in [2.24, 2.45) is 16.8 Å². The third kappa shape index (κ3) is 3.03. The summed E-state index contributed by atoms with van der Waals surface area (Å²) in [5.74, 6) is 1.56. The fourth-order valence-electron chi connectivity index (χ4n) is 5.12. The van der Waals surface area contributed by atoms with Crippen molar-refractivity contribution in [3.8, 4) is 0 Å². The number of hydrogen-bond acceptors (Lipinski definition) is 2. The molecule has 0 unspecified atom stereocenters. The second-order valence-corrected chi connectivity index (χ2v) is 8.09. The maximum atomic E-state index is 5.13. The summed E-state index contributed by atoms with van der Waals surface area (Å²) in [6, 6.07) is 9.31. The molecule has 128 valence electrons. The van der Waals surface area contributed by atoms with E-state index in [-0.39, 0.29) is 0 Å². The zero-order chi connectivity index (χ0) is 16.5. The van der Waals surface area contributed by atoms with E-state index in [4.69, 9.17) is 4.99 Å². The number of aliphatic imine (C=N–C) groups is 1. The van der Waals surface area contributed by atoms with Crippen LogP contribution in [-0.4, -0.2) is 26.4 Å². The molecular weight excluding hydrogens is 292 g/mol. The molecule has 1 aromatic carbocycles. The molecule has 0 aliphatic heterocycles. The Morgan fingerprint density at radius 1 is 1.00 bits per heavy atom. The Bertz CT molecular complexity index is 638. The molecule has 2 heteroatoms. The molecule has 0 amide bonds. The lowest BCUT2D eigenvalue weighted by molar-refractivity contribution is 0.215. The molecule has 0 N–H and O–H groups in total. The topological polar surface area (TPSA) is 15.6 Å². The second kappa shape index (κ2) is 6.74. The van der Waals surface area contributed by atoms with Crippen molar-refractivity contribution in [2.75, 3.05) is 19.0 Å². The van der Waals surface area contributed by atoms with Gasteiger partial charge in [-0.2, -0.15) is 0 Å². The van der Waals surface area contributed by atoms with Crippen LogP contribution in [0.15, 0.2) is 40.4 Å². The summed E-state index contributed by atoms with van der Waals surface area (Å²) < 4.78 is 0. The summed E-state index contributed by atoms with van der Waals surface area (Å²) in [5.41, 5.74) is 6.14. The SMILES string of the molecule is CN(C)c1ccc(C=N[C@H]2[C@H]3CCC[C@H]2C2=C(CCCC2)C3)cc1. The molecular formula is C22H30N2. The Morgan fingerprint density at radius 3 is 2.58 bits per heavy atom. The van der Waals surface area contributed by atoms with E-state index in [1.165, 1.54) is 62.6 Å². The zero-order valence-electron chi connectivity index (χ0n) is 15.2. The van der Waals surface area contributed by atoms with E-state index in [0.717, 1.165) is 11.8 Å². The molecule has 0 aromatic heterocycles. The standard InChI is InChI=1S/C22H30N2/c1-24(2)19-12-10-16(11-13-19)15-23-22-18-7-5-9-21(22)20-8-4-3-6-17(20)14-18/h10-13,15,18,21-22H,3-9,14H2,1-2H3/t18-,21-,22-/m0/s1. The highest BCUT2D eigenvalue weighted by atomic mass is 15.1. The summed E-state index contributed by atoms with van der Waals surface area (Å²) >= 11 is 0. The van der Waals surface area contributed by atoms with E-state index < -0.39 is 0 Å². The number of rotatable bonds is 3. The third-order valence-corrected chi connectivity index (χ3v) is 6.38. The normalized spacial score (nSPS) is 29.7. The number of allylic oxidation sites excluding steroid dienone is 1. The average Bonchev–Trinajstić information content (AvgIpc) is 2.60. The summed E-state index contributed by atoms with van der Waals surface area (Å²) in [5, 5.41) is 0. The van der Waals surface area contributed by atoms with Crippen LogP contribution >= 0.6 is 0 Å². The molecule has 0 spiro atoms. The molecule has 1 saturated carbocycles. The minimum Gasteiger partial charge on any atom is -0.378 e. The molecule has 0 radical (unpaired) electrons. The Balaban J connectivity index is 1.54. The summed E-state index contributed by atoms with van der Waals surface area (Å²) in [4.78, 5) is 7.27. The van der Waals surface area contributed by atoms with Crippen molar-refractivity contribution in [1.82, 2.24) is 0 Å². The zero-order valence-corrected chi connectivity index (χ0v) is 15.2. The predicted molar refractivity (Wildman–Crippen MR) is 103 cm³/mol. The molecule has 3 aliphatic rings. The summed E-state index contributed by atoms with van der Waals surface area (Å²) in [6.07, 6.45) is 13.2. The van der Waals surface area contributed by atoms with E-state index in [1.807, 2.05) is 11.1 Å². The van der Waals surface area contributed by atoms with Gasteiger partial charge in [0.1, 0.15) is 0 Å². The van der Waals surface area contributed by atoms with Crippen molar-refractivity contribution in [2.45, 2.75) is 57.4 Å². The number of fused-ring (bicyclic) bond motifs is 3. The van der Waals surface area contributed by atoms with Crippen molar-refractivity contribution in [3.63, 3.8) is 0 Å². The van der Waals surface area contributed by atoms with Crippen LogP contribution < -0.4 is 4.90 Å². The van der Waals surface area contributed by atoms with Gasteiger partial charge in [-0.3, -0.25) is 4.99 Å². The molecule has 2 bridgehead atoms. The Morgan fingerprint density at radius 2 is 1.79 bits per heavy atom. The molecule has 2 nitrogen and oxygen atoms in total. The van der Waals surface area contributed by atoms with Crippen LogP contribution in [0.1, 0.15) is 56.9 Å². The highest BCUT2D eigenvalue weighted by Gasteiger charge is 2.40. The summed E-state index contributed by atoms with van der Waals surface area (Å²) in [6.45, 7) is 0. The van der Waals surface area contributed by atoms with E-state index in [9.17, 15) is 0 Å². The van der Waals surface area contributed by atoms with E-state index in [2.05, 4.69) is 49.5 Å².